The van der Waals surface area contributed by atoms with Gasteiger partial charge in [-0.15, -0.1) is 0 Å². The summed E-state index contributed by atoms with van der Waals surface area (Å²) in [6, 6.07) is 0. The lowest BCUT2D eigenvalue weighted by Gasteiger charge is -2.30. The van der Waals surface area contributed by atoms with Gasteiger partial charge in [-0.2, -0.15) is 29.6 Å². The van der Waals surface area contributed by atoms with E-state index in [1.54, 1.807) is 4.90 Å². The number of fused-ring (bicyclic) bond motifs is 1. The van der Waals surface area contributed by atoms with Crippen molar-refractivity contribution >= 4 is 118 Å². The molecule has 35 nitrogen and oxygen atoms in total. The molecular weight excluding hydrogens is 1190 g/mol. The van der Waals surface area contributed by atoms with E-state index in [9.17, 15) is 87.3 Å². The van der Waals surface area contributed by atoms with Crippen molar-refractivity contribution in [3.05, 3.63) is 12.7 Å². The summed E-state index contributed by atoms with van der Waals surface area (Å²) in [5.41, 5.74) is 4.12. The molecule has 7 atom stereocenters. The first-order valence-electron chi connectivity index (χ1n) is 23.8. The Hall–Kier alpha value is -3.98. The normalized spacial score (nSPS) is 18.7. The molecule has 3 rings (SSSR count). The zero-order valence-electron chi connectivity index (χ0n) is 43.0. The Morgan fingerprint density at radius 3 is 1.89 bits per heavy atom. The number of hydrogen-bond acceptors (Lipinski definition) is 27. The van der Waals surface area contributed by atoms with Gasteiger partial charge < -0.3 is 71.7 Å². The molecule has 3 heterocycles. The molecule has 0 bridgehead atoms. The van der Waals surface area contributed by atoms with Crippen LogP contribution >= 0.6 is 60.5 Å². The maximum absolute atomic E-state index is 13.2. The molecule has 7 unspecified atom stereocenters. The number of carbonyl (C=O) groups excluding carboxylic acids is 5. The van der Waals surface area contributed by atoms with E-state index in [0.29, 0.717) is 11.5 Å². The zero-order valence-corrected chi connectivity index (χ0v) is 48.3. The molecule has 1 fully saturated rings. The molecule has 2 aromatic heterocycles. The molecule has 0 aromatic carbocycles. The molecule has 2 aromatic rings. The Labute approximate surface area is 472 Å². The van der Waals surface area contributed by atoms with Gasteiger partial charge in [-0.25, -0.2) is 28.6 Å². The van der Waals surface area contributed by atoms with Crippen LogP contribution in [-0.2, 0) is 69.9 Å². The second kappa shape index (κ2) is 33.3. The number of ether oxygens (including phenoxy) is 1. The van der Waals surface area contributed by atoms with Gasteiger partial charge in [0, 0.05) is 81.5 Å². The van der Waals surface area contributed by atoms with Crippen LogP contribution in [0.15, 0.2) is 12.7 Å². The first-order chi connectivity index (χ1) is 37.4. The fourth-order valence-electron chi connectivity index (χ4n) is 7.08. The number of aliphatic hydroxyl groups excluding tert-OH is 2. The number of nitrogen functional groups attached to an aromatic ring is 1. The fourth-order valence-corrected chi connectivity index (χ4v) is 10.8. The quantitative estimate of drug-likeness (QED) is 0.0172. The van der Waals surface area contributed by atoms with Gasteiger partial charge in [-0.05, 0) is 0 Å². The Morgan fingerprint density at radius 1 is 0.787 bits per heavy atom. The number of thiol groups is 2. The van der Waals surface area contributed by atoms with Crippen LogP contribution in [0.3, 0.4) is 0 Å². The van der Waals surface area contributed by atoms with E-state index in [2.05, 4.69) is 70.3 Å². The molecule has 41 heteroatoms. The number of nitrogens with zero attached hydrogens (tertiary/aromatic N) is 7. The molecule has 14 N–H and O–H groups in total. The van der Waals surface area contributed by atoms with E-state index in [1.807, 2.05) is 0 Å². The number of hydrogen-bond donors (Lipinski definition) is 15. The van der Waals surface area contributed by atoms with Gasteiger partial charge in [0.05, 0.1) is 52.3 Å². The minimum atomic E-state index is -5.65. The number of carboxylic acids is 2. The average molecular weight is 1260 g/mol. The monoisotopic (exact) mass is 1260 g/mol. The number of carboxylic acid groups (broad SMARTS) is 2. The van der Waals surface area contributed by atoms with Crippen LogP contribution < -0.4 is 27.0 Å². The van der Waals surface area contributed by atoms with Crippen molar-refractivity contribution in [1.29, 1.82) is 0 Å². The number of rotatable bonds is 39. The van der Waals surface area contributed by atoms with Crippen LogP contribution in [0.5, 0.6) is 0 Å². The highest BCUT2D eigenvalue weighted by Gasteiger charge is 2.50. The van der Waals surface area contributed by atoms with E-state index in [4.69, 9.17) is 19.5 Å². The van der Waals surface area contributed by atoms with E-state index in [1.165, 1.54) is 23.6 Å². The maximum Gasteiger partial charge on any atom is 0.481 e. The number of carbonyl (C=O) groups is 7. The van der Waals surface area contributed by atoms with Crippen molar-refractivity contribution in [3.63, 3.8) is 0 Å². The standard InChI is InChI=1S/C39H67N12O23P3S3/c1-39(2,21-71-77(68,69)74-76(66,67)70-20-24-33(73-75(63,64)65)32(60)38(72-24)51-23-47-31-35(40)45-22-46-36(31)51)34(61)37(62)44-4-3-25(52)43-7-14-80-30(59)19-48(8-10-49(17-28(55)56)15-26(53)41-5-12-78)9-11-50(18-29(57)58)16-27(54)42-6-13-79/h22-24,32-34,38,60-61,78-79H,3-21H2,1-2H3,(H,41,53)(H,42,54)(H,43,52)(H,44,62)(H,55,56)(H,57,58)(H,66,67)(H,68,69)(H2,40,45,46)(H2,63,64,65). The second-order valence-corrected chi connectivity index (χ2v) is 24.2. The highest BCUT2D eigenvalue weighted by Crippen LogP contribution is 2.61. The SMILES string of the molecule is CC(C)(COP(=O)(O)OP(=O)(O)OCC1OC(n2cnc3c(N)ncnc32)C(O)C1OP(=O)(O)O)C(O)C(=O)NCCC(=O)NCCSC(=O)CN(CCN(CC(=O)O)CC(=O)NCCS)CCN(CC(=O)O)CC(=O)NCCS. The molecule has 0 aliphatic carbocycles. The number of anilines is 1. The summed E-state index contributed by atoms with van der Waals surface area (Å²) in [6.07, 6.45) is -7.41. The highest BCUT2D eigenvalue weighted by molar-refractivity contribution is 8.13. The van der Waals surface area contributed by atoms with Crippen molar-refractivity contribution in [2.45, 2.75) is 50.9 Å². The second-order valence-electron chi connectivity index (χ2n) is 17.9. The topological polar surface area (TPSA) is 506 Å². The molecule has 1 saturated heterocycles. The largest absolute Gasteiger partial charge is 0.481 e. The van der Waals surface area contributed by atoms with Crippen molar-refractivity contribution in [2.24, 2.45) is 5.41 Å². The van der Waals surface area contributed by atoms with Crippen LogP contribution in [-0.4, -0.2) is 255 Å². The molecule has 1 aliphatic rings. The lowest BCUT2D eigenvalue weighted by Crippen LogP contribution is -2.47. The van der Waals surface area contributed by atoms with Gasteiger partial charge in [0.25, 0.3) is 0 Å². The van der Waals surface area contributed by atoms with Crippen molar-refractivity contribution in [1.82, 2.24) is 55.5 Å². The van der Waals surface area contributed by atoms with Gasteiger partial charge in [-0.3, -0.25) is 66.4 Å². The number of aliphatic hydroxyl groups is 2. The molecule has 0 saturated carbocycles. The first kappa shape index (κ1) is 70.3. The number of thioether (sulfide) groups is 1. The smallest absolute Gasteiger partial charge is 0.480 e. The van der Waals surface area contributed by atoms with Crippen LogP contribution in [0.2, 0.25) is 0 Å². The number of imidazole rings is 1. The number of amides is 4. The van der Waals surface area contributed by atoms with E-state index >= 15 is 0 Å². The summed E-state index contributed by atoms with van der Waals surface area (Å²) in [4.78, 5) is 142. The lowest BCUT2D eigenvalue weighted by molar-refractivity contribution is -0.140. The van der Waals surface area contributed by atoms with Crippen LogP contribution in [0, 0.1) is 5.41 Å². The Kier molecular flexibility index (Phi) is 29.3. The van der Waals surface area contributed by atoms with Crippen molar-refractivity contribution < 1.29 is 110 Å². The highest BCUT2D eigenvalue weighted by atomic mass is 32.2. The average Bonchev–Trinajstić information content (AvgIpc) is 3.92. The minimum absolute atomic E-state index is 0.000750. The number of phosphoric acid groups is 3. The number of aromatic nitrogens is 4. The summed E-state index contributed by atoms with van der Waals surface area (Å²) >= 11 is 8.90. The van der Waals surface area contributed by atoms with E-state index in [0.717, 1.165) is 29.0 Å². The Morgan fingerprint density at radius 2 is 1.34 bits per heavy atom. The molecule has 4 amide bonds. The van der Waals surface area contributed by atoms with Gasteiger partial charge in [0.15, 0.2) is 17.7 Å². The zero-order chi connectivity index (χ0) is 60.0. The van der Waals surface area contributed by atoms with Gasteiger partial charge in [0.1, 0.15) is 36.3 Å². The molecular formula is C39H67N12O23P3S3. The Balaban J connectivity index is 1.48. The number of phosphoric ester groups is 3. The first-order valence-corrected chi connectivity index (χ1v) is 30.5. The van der Waals surface area contributed by atoms with Gasteiger partial charge in [0.2, 0.25) is 28.7 Å². The predicted octanol–water partition coefficient (Wildman–Crippen LogP) is -4.17. The van der Waals surface area contributed by atoms with Gasteiger partial charge in [-0.1, -0.05) is 25.6 Å². The van der Waals surface area contributed by atoms with Crippen LogP contribution in [0.1, 0.15) is 26.5 Å². The summed E-state index contributed by atoms with van der Waals surface area (Å²) < 4.78 is 62.6. The summed E-state index contributed by atoms with van der Waals surface area (Å²) in [5, 5.41) is 50.3. The summed E-state index contributed by atoms with van der Waals surface area (Å²) in [6.45, 7) is -1.35. The number of aliphatic carboxylic acids is 2. The number of nitrogens with one attached hydrogen (secondary N) is 4. The van der Waals surface area contributed by atoms with Crippen molar-refractivity contribution in [2.75, 3.05) is 121 Å². The predicted molar refractivity (Wildman–Crippen MR) is 285 cm³/mol. The van der Waals surface area contributed by atoms with E-state index < -0.39 is 127 Å². The third-order valence-corrected chi connectivity index (χ3v) is 15.3. The third-order valence-electron chi connectivity index (χ3n) is 10.9. The van der Waals surface area contributed by atoms with Gasteiger partial charge >= 0.3 is 35.4 Å². The Bertz CT molecular complexity index is 2530. The molecule has 454 valence electrons. The lowest BCUT2D eigenvalue weighted by atomic mass is 9.87. The molecule has 80 heavy (non-hydrogen) atoms. The minimum Gasteiger partial charge on any atom is -0.480 e. The third kappa shape index (κ3) is 25.7. The molecule has 0 radical (unpaired) electrons. The summed E-state index contributed by atoms with van der Waals surface area (Å²) in [5.74, 6) is -4.32. The van der Waals surface area contributed by atoms with E-state index in [-0.39, 0.29) is 101 Å². The van der Waals surface area contributed by atoms with Crippen LogP contribution in [0.25, 0.3) is 11.2 Å². The molecule has 1 aliphatic heterocycles. The maximum atomic E-state index is 13.2. The molecule has 0 spiro atoms. The summed E-state index contributed by atoms with van der Waals surface area (Å²) in [7, 11) is -16.6. The fraction of sp³-hybridized carbons (Fsp3) is 0.692. The van der Waals surface area contributed by atoms with Crippen LogP contribution in [0.4, 0.5) is 5.82 Å². The number of nitrogens with two attached hydrogens (primary N) is 1. The van der Waals surface area contributed by atoms with Crippen molar-refractivity contribution in [3.8, 4) is 0 Å².